The number of anilines is 1. The van der Waals surface area contributed by atoms with E-state index >= 15 is 0 Å². The van der Waals surface area contributed by atoms with Gasteiger partial charge in [-0.1, -0.05) is 0 Å². The van der Waals surface area contributed by atoms with Crippen LogP contribution in [-0.2, 0) is 11.3 Å². The number of nitrogens with zero attached hydrogens (tertiary/aromatic N) is 2. The van der Waals surface area contributed by atoms with Gasteiger partial charge in [0.2, 0.25) is 0 Å². The normalized spacial score (nSPS) is 10.3. The van der Waals surface area contributed by atoms with Crippen LogP contribution in [0.3, 0.4) is 0 Å². The molecular weight excluding hydrogens is 198 g/mol. The van der Waals surface area contributed by atoms with Crippen LogP contribution >= 0.6 is 0 Å². The van der Waals surface area contributed by atoms with Crippen LogP contribution in [0.2, 0.25) is 0 Å². The molecule has 0 bridgehead atoms. The Bertz CT molecular complexity index is 356. The summed E-state index contributed by atoms with van der Waals surface area (Å²) >= 11 is 0. The molecule has 0 aromatic carbocycles. The van der Waals surface area contributed by atoms with Crippen molar-refractivity contribution in [1.29, 1.82) is 0 Å². The molecule has 0 radical (unpaired) electrons. The van der Waals surface area contributed by atoms with E-state index in [0.29, 0.717) is 18.1 Å². The van der Waals surface area contributed by atoms with E-state index < -0.39 is 5.97 Å². The predicted octanol–water partition coefficient (Wildman–Crippen LogP) is 0.602. The fraction of sp³-hybridized carbons (Fsp3) is 0.444. The Morgan fingerprint density at radius 1 is 1.53 bits per heavy atom. The first-order valence-corrected chi connectivity index (χ1v) is 4.50. The van der Waals surface area contributed by atoms with Gasteiger partial charge in [-0.25, -0.2) is 14.8 Å². The van der Waals surface area contributed by atoms with Crippen molar-refractivity contribution in [1.82, 2.24) is 9.97 Å². The number of aryl methyl sites for hydroxylation is 1. The van der Waals surface area contributed by atoms with Gasteiger partial charge in [-0.05, 0) is 13.8 Å². The maximum Gasteiger partial charge on any atom is 0.341 e. The van der Waals surface area contributed by atoms with Gasteiger partial charge in [-0.3, -0.25) is 0 Å². The Morgan fingerprint density at radius 2 is 2.20 bits per heavy atom. The number of carboxylic acid groups (broad SMARTS) is 1. The maximum absolute atomic E-state index is 10.8. The SMILES string of the molecule is CCOCc1nc(C)c(C(=O)O)c(N)n1. The number of rotatable bonds is 4. The summed E-state index contributed by atoms with van der Waals surface area (Å²) < 4.78 is 5.10. The Hall–Kier alpha value is -1.69. The van der Waals surface area contributed by atoms with Gasteiger partial charge in [0.15, 0.2) is 5.82 Å². The zero-order valence-corrected chi connectivity index (χ0v) is 8.65. The van der Waals surface area contributed by atoms with E-state index in [0.717, 1.165) is 0 Å². The molecule has 82 valence electrons. The summed E-state index contributed by atoms with van der Waals surface area (Å²) in [4.78, 5) is 18.6. The molecule has 0 aliphatic rings. The highest BCUT2D eigenvalue weighted by Crippen LogP contribution is 2.13. The fourth-order valence-corrected chi connectivity index (χ4v) is 1.18. The van der Waals surface area contributed by atoms with Crippen LogP contribution in [0.4, 0.5) is 5.82 Å². The lowest BCUT2D eigenvalue weighted by Crippen LogP contribution is -2.12. The first-order valence-electron chi connectivity index (χ1n) is 4.50. The van der Waals surface area contributed by atoms with Crippen molar-refractivity contribution in [3.8, 4) is 0 Å². The number of aromatic carboxylic acids is 1. The highest BCUT2D eigenvalue weighted by molar-refractivity contribution is 5.93. The molecule has 1 aromatic heterocycles. The van der Waals surface area contributed by atoms with E-state index in [9.17, 15) is 4.79 Å². The minimum Gasteiger partial charge on any atom is -0.477 e. The lowest BCUT2D eigenvalue weighted by atomic mass is 10.2. The predicted molar refractivity (Wildman–Crippen MR) is 53.5 cm³/mol. The van der Waals surface area contributed by atoms with Crippen LogP contribution in [0.25, 0.3) is 0 Å². The molecule has 1 aromatic rings. The summed E-state index contributed by atoms with van der Waals surface area (Å²) in [5, 5.41) is 8.82. The van der Waals surface area contributed by atoms with E-state index in [4.69, 9.17) is 15.6 Å². The summed E-state index contributed by atoms with van der Waals surface area (Å²) in [6.45, 7) is 4.21. The quantitative estimate of drug-likeness (QED) is 0.756. The summed E-state index contributed by atoms with van der Waals surface area (Å²) in [5.41, 5.74) is 5.81. The van der Waals surface area contributed by atoms with Crippen LogP contribution in [0, 0.1) is 6.92 Å². The molecule has 0 atom stereocenters. The average Bonchev–Trinajstić information content (AvgIpc) is 2.12. The largest absolute Gasteiger partial charge is 0.477 e. The molecule has 6 heteroatoms. The lowest BCUT2D eigenvalue weighted by molar-refractivity contribution is 0.0695. The first-order chi connectivity index (χ1) is 7.06. The number of hydrogen-bond acceptors (Lipinski definition) is 5. The van der Waals surface area contributed by atoms with Gasteiger partial charge in [0.05, 0.1) is 5.69 Å². The fourth-order valence-electron chi connectivity index (χ4n) is 1.18. The molecule has 0 aliphatic heterocycles. The molecule has 0 aliphatic carbocycles. The average molecular weight is 211 g/mol. The third-order valence-electron chi connectivity index (χ3n) is 1.81. The van der Waals surface area contributed by atoms with E-state index in [1.54, 1.807) is 6.92 Å². The van der Waals surface area contributed by atoms with Crippen molar-refractivity contribution in [3.63, 3.8) is 0 Å². The van der Waals surface area contributed by atoms with E-state index in [-0.39, 0.29) is 18.0 Å². The van der Waals surface area contributed by atoms with Gasteiger partial charge < -0.3 is 15.6 Å². The zero-order chi connectivity index (χ0) is 11.4. The summed E-state index contributed by atoms with van der Waals surface area (Å²) in [6.07, 6.45) is 0. The van der Waals surface area contributed by atoms with Crippen LogP contribution in [0.5, 0.6) is 0 Å². The first kappa shape index (κ1) is 11.4. The van der Waals surface area contributed by atoms with Gasteiger partial charge in [0, 0.05) is 6.61 Å². The second-order valence-electron chi connectivity index (χ2n) is 2.93. The number of nitrogen functional groups attached to an aromatic ring is 1. The Balaban J connectivity index is 3.03. The summed E-state index contributed by atoms with van der Waals surface area (Å²) in [7, 11) is 0. The van der Waals surface area contributed by atoms with E-state index in [1.165, 1.54) is 0 Å². The molecule has 1 rings (SSSR count). The second-order valence-corrected chi connectivity index (χ2v) is 2.93. The minimum atomic E-state index is -1.12. The van der Waals surface area contributed by atoms with Gasteiger partial charge in [-0.2, -0.15) is 0 Å². The molecular formula is C9H13N3O3. The molecule has 0 amide bonds. The topological polar surface area (TPSA) is 98.3 Å². The van der Waals surface area contributed by atoms with Crippen LogP contribution in [0.1, 0.15) is 28.8 Å². The standard InChI is InChI=1S/C9H13N3O3/c1-3-15-4-6-11-5(2)7(9(13)14)8(10)12-6/h3-4H2,1-2H3,(H,13,14)(H2,10,11,12). The van der Waals surface area contributed by atoms with Gasteiger partial charge in [0.25, 0.3) is 0 Å². The zero-order valence-electron chi connectivity index (χ0n) is 8.65. The Kier molecular flexibility index (Phi) is 3.56. The minimum absolute atomic E-state index is 0.0234. The number of nitrogens with two attached hydrogens (primary N) is 1. The Labute approximate surface area is 87.1 Å². The smallest absolute Gasteiger partial charge is 0.341 e. The van der Waals surface area contributed by atoms with Crippen LogP contribution in [-0.4, -0.2) is 27.7 Å². The number of aromatic nitrogens is 2. The van der Waals surface area contributed by atoms with Gasteiger partial charge in [-0.15, -0.1) is 0 Å². The molecule has 3 N–H and O–H groups in total. The van der Waals surface area contributed by atoms with E-state index in [1.807, 2.05) is 6.92 Å². The van der Waals surface area contributed by atoms with Crippen molar-refractivity contribution in [3.05, 3.63) is 17.1 Å². The second kappa shape index (κ2) is 4.70. The number of carboxylic acids is 1. The lowest BCUT2D eigenvalue weighted by Gasteiger charge is -2.06. The van der Waals surface area contributed by atoms with Gasteiger partial charge >= 0.3 is 5.97 Å². The molecule has 0 saturated carbocycles. The Morgan fingerprint density at radius 3 is 2.67 bits per heavy atom. The van der Waals surface area contributed by atoms with Crippen molar-refractivity contribution < 1.29 is 14.6 Å². The number of hydrogen-bond donors (Lipinski definition) is 2. The molecule has 6 nitrogen and oxygen atoms in total. The maximum atomic E-state index is 10.8. The molecule has 0 spiro atoms. The highest BCUT2D eigenvalue weighted by atomic mass is 16.5. The molecule has 15 heavy (non-hydrogen) atoms. The summed E-state index contributed by atoms with van der Waals surface area (Å²) in [6, 6.07) is 0. The summed E-state index contributed by atoms with van der Waals surface area (Å²) in [5.74, 6) is -0.741. The van der Waals surface area contributed by atoms with Crippen LogP contribution in [0.15, 0.2) is 0 Å². The third kappa shape index (κ3) is 2.63. The van der Waals surface area contributed by atoms with Crippen molar-refractivity contribution in [2.24, 2.45) is 0 Å². The molecule has 0 saturated heterocycles. The monoisotopic (exact) mass is 211 g/mol. The number of ether oxygens (including phenoxy) is 1. The van der Waals surface area contributed by atoms with Crippen LogP contribution < -0.4 is 5.73 Å². The van der Waals surface area contributed by atoms with E-state index in [2.05, 4.69) is 9.97 Å². The number of carbonyl (C=O) groups is 1. The molecule has 0 fully saturated rings. The van der Waals surface area contributed by atoms with Crippen molar-refractivity contribution in [2.75, 3.05) is 12.3 Å². The third-order valence-corrected chi connectivity index (χ3v) is 1.81. The highest BCUT2D eigenvalue weighted by Gasteiger charge is 2.15. The molecule has 0 unspecified atom stereocenters. The van der Waals surface area contributed by atoms with Crippen molar-refractivity contribution >= 4 is 11.8 Å². The van der Waals surface area contributed by atoms with Gasteiger partial charge in [0.1, 0.15) is 18.0 Å². The molecule has 1 heterocycles. The van der Waals surface area contributed by atoms with Crippen molar-refractivity contribution in [2.45, 2.75) is 20.5 Å².